The van der Waals surface area contributed by atoms with Crippen molar-refractivity contribution in [2.45, 2.75) is 0 Å². The van der Waals surface area contributed by atoms with Crippen LogP contribution in [0, 0.1) is 0 Å². The summed E-state index contributed by atoms with van der Waals surface area (Å²) in [6.45, 7) is 0.573. The van der Waals surface area contributed by atoms with E-state index in [1.54, 1.807) is 7.05 Å². The summed E-state index contributed by atoms with van der Waals surface area (Å²) in [5.74, 6) is -0.591. The van der Waals surface area contributed by atoms with Crippen LogP contribution in [-0.2, 0) is 14.8 Å². The van der Waals surface area contributed by atoms with Crippen molar-refractivity contribution in [2.75, 3.05) is 32.4 Å². The van der Waals surface area contributed by atoms with Crippen molar-refractivity contribution in [3.8, 4) is 0 Å². The van der Waals surface area contributed by atoms with Crippen LogP contribution in [0.15, 0.2) is 0 Å². The molecule has 0 saturated carbocycles. The molecule has 1 rings (SSSR count). The number of amides is 1. The van der Waals surface area contributed by atoms with Crippen LogP contribution < -0.4 is 5.73 Å². The average molecular weight is 251 g/mol. The molecule has 0 aromatic heterocycles. The first-order chi connectivity index (χ1) is 6.83. The van der Waals surface area contributed by atoms with Crippen LogP contribution in [0.1, 0.15) is 0 Å². The fraction of sp³-hybridized carbons (Fsp3) is 0.714. The summed E-state index contributed by atoms with van der Waals surface area (Å²) in [7, 11) is -1.88. The van der Waals surface area contributed by atoms with E-state index >= 15 is 0 Å². The standard InChI is InChI=1S/C7H13N3O3S2/c1-9-2-3-10(4-7(9)11)15(12,13)5-6(8)14/h2-5H2,1H3,(H2,8,14). The Hall–Kier alpha value is -0.730. The van der Waals surface area contributed by atoms with E-state index in [0.717, 1.165) is 4.31 Å². The number of hydrogen-bond acceptors (Lipinski definition) is 4. The number of carbonyl (C=O) groups excluding carboxylic acids is 1. The number of nitrogens with zero attached hydrogens (tertiary/aromatic N) is 2. The molecule has 1 aliphatic rings. The summed E-state index contributed by atoms with van der Waals surface area (Å²) >= 11 is 4.54. The van der Waals surface area contributed by atoms with E-state index in [4.69, 9.17) is 5.73 Å². The summed E-state index contributed by atoms with van der Waals surface area (Å²) in [4.78, 5) is 12.7. The molecule has 1 aliphatic heterocycles. The zero-order valence-corrected chi connectivity index (χ0v) is 9.97. The quantitative estimate of drug-likeness (QED) is 0.609. The molecule has 1 heterocycles. The minimum Gasteiger partial charge on any atom is -0.392 e. The molecule has 0 aliphatic carbocycles. The minimum atomic E-state index is -3.52. The van der Waals surface area contributed by atoms with Crippen molar-refractivity contribution >= 4 is 33.1 Å². The Morgan fingerprint density at radius 3 is 2.60 bits per heavy atom. The summed E-state index contributed by atoms with van der Waals surface area (Å²) in [6.07, 6.45) is 0. The lowest BCUT2D eigenvalue weighted by Crippen LogP contribution is -2.51. The van der Waals surface area contributed by atoms with Crippen LogP contribution in [0.5, 0.6) is 0 Å². The van der Waals surface area contributed by atoms with Gasteiger partial charge in [-0.1, -0.05) is 12.2 Å². The Bertz CT molecular complexity index is 379. The van der Waals surface area contributed by atoms with Crippen LogP contribution in [0.4, 0.5) is 0 Å². The van der Waals surface area contributed by atoms with E-state index in [9.17, 15) is 13.2 Å². The van der Waals surface area contributed by atoms with E-state index in [2.05, 4.69) is 12.2 Å². The second-order valence-electron chi connectivity index (χ2n) is 3.37. The lowest BCUT2D eigenvalue weighted by molar-refractivity contribution is -0.132. The summed E-state index contributed by atoms with van der Waals surface area (Å²) < 4.78 is 24.4. The topological polar surface area (TPSA) is 83.7 Å². The van der Waals surface area contributed by atoms with Crippen molar-refractivity contribution < 1.29 is 13.2 Å². The molecule has 6 nitrogen and oxygen atoms in total. The molecule has 0 aromatic carbocycles. The fourth-order valence-corrected chi connectivity index (χ4v) is 2.90. The van der Waals surface area contributed by atoms with Gasteiger partial charge in [0.15, 0.2) is 0 Å². The zero-order valence-electron chi connectivity index (χ0n) is 8.34. The summed E-state index contributed by atoms with van der Waals surface area (Å²) in [6, 6.07) is 0. The normalized spacial score (nSPS) is 19.3. The molecule has 0 bridgehead atoms. The van der Waals surface area contributed by atoms with Crippen LogP contribution >= 0.6 is 12.2 Å². The predicted molar refractivity (Wildman–Crippen MR) is 59.8 cm³/mol. The van der Waals surface area contributed by atoms with Crippen molar-refractivity contribution in [1.29, 1.82) is 0 Å². The number of likely N-dealkylation sites (N-methyl/N-ethyl adjacent to an activating group) is 1. The number of nitrogens with two attached hydrogens (primary N) is 1. The summed E-state index contributed by atoms with van der Waals surface area (Å²) in [5, 5.41) is 0. The van der Waals surface area contributed by atoms with Gasteiger partial charge in [-0.05, 0) is 0 Å². The molecule has 0 radical (unpaired) electrons. The molecule has 0 aromatic rings. The van der Waals surface area contributed by atoms with Gasteiger partial charge in [0.2, 0.25) is 15.9 Å². The Kier molecular flexibility index (Phi) is 3.63. The third-order valence-corrected chi connectivity index (χ3v) is 4.24. The predicted octanol–water partition coefficient (Wildman–Crippen LogP) is -1.62. The number of carbonyl (C=O) groups is 1. The van der Waals surface area contributed by atoms with Crippen molar-refractivity contribution in [2.24, 2.45) is 5.73 Å². The maximum Gasteiger partial charge on any atom is 0.237 e. The second-order valence-corrected chi connectivity index (χ2v) is 5.86. The maximum atomic E-state index is 11.6. The third-order valence-electron chi connectivity index (χ3n) is 2.14. The van der Waals surface area contributed by atoms with E-state index in [-0.39, 0.29) is 23.2 Å². The summed E-state index contributed by atoms with van der Waals surface area (Å²) in [5.41, 5.74) is 5.18. The molecule has 1 amide bonds. The molecule has 86 valence electrons. The van der Waals surface area contributed by atoms with E-state index in [0.29, 0.717) is 13.1 Å². The molecule has 8 heteroatoms. The molecular weight excluding hydrogens is 238 g/mol. The van der Waals surface area contributed by atoms with Gasteiger partial charge in [0, 0.05) is 20.1 Å². The molecule has 2 N–H and O–H groups in total. The van der Waals surface area contributed by atoms with Gasteiger partial charge in [-0.15, -0.1) is 0 Å². The van der Waals surface area contributed by atoms with Crippen LogP contribution in [0.3, 0.4) is 0 Å². The van der Waals surface area contributed by atoms with Crippen molar-refractivity contribution in [1.82, 2.24) is 9.21 Å². The van der Waals surface area contributed by atoms with Gasteiger partial charge in [-0.2, -0.15) is 4.31 Å². The Morgan fingerprint density at radius 2 is 2.13 bits per heavy atom. The van der Waals surface area contributed by atoms with Crippen molar-refractivity contribution in [3.05, 3.63) is 0 Å². The van der Waals surface area contributed by atoms with E-state index in [1.807, 2.05) is 0 Å². The fourth-order valence-electron chi connectivity index (χ4n) is 1.25. The zero-order chi connectivity index (χ0) is 11.6. The highest BCUT2D eigenvalue weighted by molar-refractivity contribution is 7.92. The van der Waals surface area contributed by atoms with Gasteiger partial charge in [0.1, 0.15) is 5.75 Å². The highest BCUT2D eigenvalue weighted by Crippen LogP contribution is 2.07. The monoisotopic (exact) mass is 251 g/mol. The highest BCUT2D eigenvalue weighted by atomic mass is 32.2. The van der Waals surface area contributed by atoms with Crippen LogP contribution in [0.2, 0.25) is 0 Å². The van der Waals surface area contributed by atoms with Crippen LogP contribution in [-0.4, -0.2) is 61.0 Å². The Labute approximate surface area is 94.1 Å². The molecule has 1 fully saturated rings. The van der Waals surface area contributed by atoms with Crippen LogP contribution in [0.25, 0.3) is 0 Å². The number of piperazine rings is 1. The first kappa shape index (κ1) is 12.3. The lowest BCUT2D eigenvalue weighted by Gasteiger charge is -2.30. The van der Waals surface area contributed by atoms with Crippen molar-refractivity contribution in [3.63, 3.8) is 0 Å². The first-order valence-electron chi connectivity index (χ1n) is 4.33. The second kappa shape index (κ2) is 4.42. The molecular formula is C7H13N3O3S2. The Morgan fingerprint density at radius 1 is 1.53 bits per heavy atom. The number of hydrogen-bond donors (Lipinski definition) is 1. The largest absolute Gasteiger partial charge is 0.392 e. The molecule has 0 unspecified atom stereocenters. The highest BCUT2D eigenvalue weighted by Gasteiger charge is 2.30. The number of thiocarbonyl (C=S) groups is 1. The molecule has 1 saturated heterocycles. The van der Waals surface area contributed by atoms with E-state index < -0.39 is 10.0 Å². The smallest absolute Gasteiger partial charge is 0.237 e. The Balaban J connectivity index is 2.73. The molecule has 15 heavy (non-hydrogen) atoms. The first-order valence-corrected chi connectivity index (χ1v) is 6.35. The third kappa shape index (κ3) is 3.11. The molecule has 0 spiro atoms. The average Bonchev–Trinajstić information content (AvgIpc) is 2.07. The number of sulfonamides is 1. The van der Waals surface area contributed by atoms with Gasteiger partial charge in [0.05, 0.1) is 11.5 Å². The lowest BCUT2D eigenvalue weighted by atomic mass is 10.4. The van der Waals surface area contributed by atoms with Gasteiger partial charge in [-0.25, -0.2) is 8.42 Å². The molecule has 0 atom stereocenters. The SMILES string of the molecule is CN1CCN(S(=O)(=O)CC(N)=S)CC1=O. The van der Waals surface area contributed by atoms with Gasteiger partial charge in [-0.3, -0.25) is 4.79 Å². The number of rotatable bonds is 3. The van der Waals surface area contributed by atoms with Gasteiger partial charge >= 0.3 is 0 Å². The van der Waals surface area contributed by atoms with Gasteiger partial charge in [0.25, 0.3) is 0 Å². The van der Waals surface area contributed by atoms with Gasteiger partial charge < -0.3 is 10.6 Å². The minimum absolute atomic E-state index is 0.0821. The van der Waals surface area contributed by atoms with E-state index in [1.165, 1.54) is 4.90 Å². The maximum absolute atomic E-state index is 11.6.